The first-order valence-electron chi connectivity index (χ1n) is 9.27. The fourth-order valence-corrected chi connectivity index (χ4v) is 3.71. The molecule has 6 nitrogen and oxygen atoms in total. The van der Waals surface area contributed by atoms with Gasteiger partial charge in [-0.3, -0.25) is 4.79 Å². The number of nitrogens with zero attached hydrogens (tertiary/aromatic N) is 3. The molecule has 0 unspecified atom stereocenters. The SMILES string of the molecule is COc1ccc(NC(=O)[C@H]2CCCN(c3nc4ccccc4n3C)C2)cc1. The number of benzene rings is 2. The molecule has 0 saturated carbocycles. The van der Waals surface area contributed by atoms with Gasteiger partial charge in [-0.1, -0.05) is 12.1 Å². The fourth-order valence-electron chi connectivity index (χ4n) is 3.71. The number of piperidine rings is 1. The maximum absolute atomic E-state index is 12.8. The van der Waals surface area contributed by atoms with Crippen LogP contribution in [0.5, 0.6) is 5.75 Å². The van der Waals surface area contributed by atoms with Crippen molar-refractivity contribution < 1.29 is 9.53 Å². The molecule has 1 fully saturated rings. The second kappa shape index (κ2) is 7.31. The molecular weight excluding hydrogens is 340 g/mol. The van der Waals surface area contributed by atoms with Crippen LogP contribution in [0.4, 0.5) is 11.6 Å². The lowest BCUT2D eigenvalue weighted by atomic mass is 9.97. The van der Waals surface area contributed by atoms with Gasteiger partial charge in [-0.15, -0.1) is 0 Å². The van der Waals surface area contributed by atoms with Crippen LogP contribution < -0.4 is 15.0 Å². The lowest BCUT2D eigenvalue weighted by Gasteiger charge is -2.32. The highest BCUT2D eigenvalue weighted by Crippen LogP contribution is 2.26. The Hall–Kier alpha value is -3.02. The molecule has 1 aliphatic heterocycles. The molecule has 1 aliphatic rings. The van der Waals surface area contributed by atoms with Crippen LogP contribution in [0.3, 0.4) is 0 Å². The van der Waals surface area contributed by atoms with E-state index in [0.29, 0.717) is 6.54 Å². The summed E-state index contributed by atoms with van der Waals surface area (Å²) in [5.74, 6) is 1.71. The fraction of sp³-hybridized carbons (Fsp3) is 0.333. The van der Waals surface area contributed by atoms with Crippen molar-refractivity contribution in [3.63, 3.8) is 0 Å². The molecule has 1 N–H and O–H groups in total. The minimum atomic E-state index is -0.0549. The third kappa shape index (κ3) is 3.47. The van der Waals surface area contributed by atoms with Gasteiger partial charge in [0.1, 0.15) is 5.75 Å². The number of carbonyl (C=O) groups is 1. The minimum absolute atomic E-state index is 0.0549. The Labute approximate surface area is 158 Å². The second-order valence-electron chi connectivity index (χ2n) is 6.96. The van der Waals surface area contributed by atoms with Crippen molar-refractivity contribution in [3.05, 3.63) is 48.5 Å². The average Bonchev–Trinajstić information content (AvgIpc) is 3.05. The summed E-state index contributed by atoms with van der Waals surface area (Å²) in [4.78, 5) is 19.8. The first-order valence-corrected chi connectivity index (χ1v) is 9.27. The monoisotopic (exact) mass is 364 g/mol. The Balaban J connectivity index is 1.48. The van der Waals surface area contributed by atoms with E-state index in [1.54, 1.807) is 7.11 Å². The van der Waals surface area contributed by atoms with Gasteiger partial charge in [0.15, 0.2) is 0 Å². The number of hydrogen-bond donors (Lipinski definition) is 1. The van der Waals surface area contributed by atoms with E-state index in [1.165, 1.54) is 0 Å². The summed E-state index contributed by atoms with van der Waals surface area (Å²) in [5.41, 5.74) is 2.89. The van der Waals surface area contributed by atoms with Crippen molar-refractivity contribution in [1.82, 2.24) is 9.55 Å². The third-order valence-corrected chi connectivity index (χ3v) is 5.20. The van der Waals surface area contributed by atoms with Gasteiger partial charge in [-0.05, 0) is 49.2 Å². The van der Waals surface area contributed by atoms with Gasteiger partial charge < -0.3 is 19.5 Å². The lowest BCUT2D eigenvalue weighted by molar-refractivity contribution is -0.120. The molecule has 0 radical (unpaired) electrons. The topological polar surface area (TPSA) is 59.4 Å². The van der Waals surface area contributed by atoms with E-state index in [1.807, 2.05) is 49.5 Å². The smallest absolute Gasteiger partial charge is 0.229 e. The van der Waals surface area contributed by atoms with E-state index in [2.05, 4.69) is 20.9 Å². The van der Waals surface area contributed by atoms with Crippen LogP contribution in [0.2, 0.25) is 0 Å². The number of imidazole rings is 1. The first kappa shape index (κ1) is 17.4. The average molecular weight is 364 g/mol. The van der Waals surface area contributed by atoms with Crippen molar-refractivity contribution in [3.8, 4) is 5.75 Å². The van der Waals surface area contributed by atoms with Gasteiger partial charge in [0, 0.05) is 25.8 Å². The van der Waals surface area contributed by atoms with Crippen LogP contribution in [0.15, 0.2) is 48.5 Å². The second-order valence-corrected chi connectivity index (χ2v) is 6.96. The maximum Gasteiger partial charge on any atom is 0.229 e. The summed E-state index contributed by atoms with van der Waals surface area (Å²) in [6, 6.07) is 15.5. The molecule has 1 amide bonds. The van der Waals surface area contributed by atoms with Crippen molar-refractivity contribution in [2.24, 2.45) is 13.0 Å². The van der Waals surface area contributed by atoms with E-state index in [0.717, 1.165) is 47.8 Å². The molecule has 2 heterocycles. The van der Waals surface area contributed by atoms with E-state index in [4.69, 9.17) is 9.72 Å². The van der Waals surface area contributed by atoms with Crippen LogP contribution >= 0.6 is 0 Å². The van der Waals surface area contributed by atoms with E-state index in [-0.39, 0.29) is 11.8 Å². The number of anilines is 2. The number of rotatable bonds is 4. The molecule has 3 aromatic rings. The number of aromatic nitrogens is 2. The Bertz CT molecular complexity index is 948. The van der Waals surface area contributed by atoms with Gasteiger partial charge >= 0.3 is 0 Å². The summed E-state index contributed by atoms with van der Waals surface area (Å²) in [6.07, 6.45) is 1.87. The molecule has 1 atom stereocenters. The van der Waals surface area contributed by atoms with E-state index in [9.17, 15) is 4.79 Å². The van der Waals surface area contributed by atoms with Gasteiger partial charge in [-0.25, -0.2) is 4.98 Å². The zero-order valence-electron chi connectivity index (χ0n) is 15.7. The predicted molar refractivity (Wildman–Crippen MR) is 107 cm³/mol. The van der Waals surface area contributed by atoms with Gasteiger partial charge in [-0.2, -0.15) is 0 Å². The standard InChI is InChI=1S/C21H24N4O2/c1-24-19-8-4-3-7-18(19)23-21(24)25-13-5-6-15(14-25)20(26)22-16-9-11-17(27-2)12-10-16/h3-4,7-12,15H,5-6,13-14H2,1-2H3,(H,22,26)/t15-/m0/s1. The molecular formula is C21H24N4O2. The highest BCUT2D eigenvalue weighted by Gasteiger charge is 2.28. The van der Waals surface area contributed by atoms with Crippen LogP contribution in [-0.4, -0.2) is 35.7 Å². The number of ether oxygens (including phenoxy) is 1. The molecule has 1 aromatic heterocycles. The number of hydrogen-bond acceptors (Lipinski definition) is 4. The van der Waals surface area contributed by atoms with Crippen molar-refractivity contribution in [1.29, 1.82) is 0 Å². The summed E-state index contributed by atoms with van der Waals surface area (Å²) in [5, 5.41) is 3.03. The van der Waals surface area contributed by atoms with Crippen LogP contribution in [0.25, 0.3) is 11.0 Å². The summed E-state index contributed by atoms with van der Waals surface area (Å²) in [7, 11) is 3.66. The number of amides is 1. The van der Waals surface area contributed by atoms with Gasteiger partial charge in [0.2, 0.25) is 11.9 Å². The minimum Gasteiger partial charge on any atom is -0.497 e. The molecule has 27 heavy (non-hydrogen) atoms. The highest BCUT2D eigenvalue weighted by molar-refractivity contribution is 5.93. The number of methoxy groups -OCH3 is 1. The van der Waals surface area contributed by atoms with Gasteiger partial charge in [0.25, 0.3) is 0 Å². The third-order valence-electron chi connectivity index (χ3n) is 5.20. The maximum atomic E-state index is 12.8. The van der Waals surface area contributed by atoms with Crippen LogP contribution in [0, 0.1) is 5.92 Å². The zero-order chi connectivity index (χ0) is 18.8. The number of para-hydroxylation sites is 2. The zero-order valence-corrected chi connectivity index (χ0v) is 15.7. The molecule has 4 rings (SSSR count). The molecule has 0 bridgehead atoms. The lowest BCUT2D eigenvalue weighted by Crippen LogP contribution is -2.41. The summed E-state index contributed by atoms with van der Waals surface area (Å²) in [6.45, 7) is 1.60. The number of fused-ring (bicyclic) bond motifs is 1. The van der Waals surface area contributed by atoms with E-state index >= 15 is 0 Å². The van der Waals surface area contributed by atoms with Crippen LogP contribution in [-0.2, 0) is 11.8 Å². The van der Waals surface area contributed by atoms with Crippen LogP contribution in [0.1, 0.15) is 12.8 Å². The molecule has 0 spiro atoms. The number of aryl methyl sites for hydroxylation is 1. The van der Waals surface area contributed by atoms with Crippen molar-refractivity contribution >= 4 is 28.6 Å². The summed E-state index contributed by atoms with van der Waals surface area (Å²) < 4.78 is 7.27. The Morgan fingerprint density at radius 1 is 1.19 bits per heavy atom. The predicted octanol–water partition coefficient (Wildman–Crippen LogP) is 3.44. The number of nitrogens with one attached hydrogen (secondary N) is 1. The Morgan fingerprint density at radius 2 is 1.96 bits per heavy atom. The van der Waals surface area contributed by atoms with E-state index < -0.39 is 0 Å². The summed E-state index contributed by atoms with van der Waals surface area (Å²) >= 11 is 0. The first-order chi connectivity index (χ1) is 13.2. The Morgan fingerprint density at radius 3 is 2.70 bits per heavy atom. The van der Waals surface area contributed by atoms with Gasteiger partial charge in [0.05, 0.1) is 24.1 Å². The Kier molecular flexibility index (Phi) is 4.71. The van der Waals surface area contributed by atoms with Crippen molar-refractivity contribution in [2.45, 2.75) is 12.8 Å². The number of carbonyl (C=O) groups excluding carboxylic acids is 1. The van der Waals surface area contributed by atoms with Crippen molar-refractivity contribution in [2.75, 3.05) is 30.4 Å². The normalized spacial score (nSPS) is 17.1. The molecule has 1 saturated heterocycles. The molecule has 2 aromatic carbocycles. The highest BCUT2D eigenvalue weighted by atomic mass is 16.5. The molecule has 140 valence electrons. The molecule has 6 heteroatoms. The quantitative estimate of drug-likeness (QED) is 0.770. The largest absolute Gasteiger partial charge is 0.497 e. The molecule has 0 aliphatic carbocycles.